The molecule has 1 aromatic heterocycles. The summed E-state index contributed by atoms with van der Waals surface area (Å²) in [4.78, 5) is 13.4. The fraction of sp³-hybridized carbons (Fsp3) is 0.840. The molecule has 5 aliphatic rings. The van der Waals surface area contributed by atoms with Crippen LogP contribution in [0.4, 0.5) is 0 Å². The van der Waals surface area contributed by atoms with Crippen molar-refractivity contribution in [3.63, 3.8) is 0 Å². The van der Waals surface area contributed by atoms with Gasteiger partial charge in [-0.1, -0.05) is 18.5 Å². The van der Waals surface area contributed by atoms with Crippen LogP contribution in [0.15, 0.2) is 12.4 Å². The third-order valence-electron chi connectivity index (χ3n) is 10.3. The fourth-order valence-electron chi connectivity index (χ4n) is 9.34. The summed E-state index contributed by atoms with van der Waals surface area (Å²) in [5.74, 6) is 5.89. The molecule has 0 bridgehead atoms. The summed E-state index contributed by atoms with van der Waals surface area (Å²) < 4.78 is 1.73. The van der Waals surface area contributed by atoms with Gasteiger partial charge in [0.1, 0.15) is 0 Å². The van der Waals surface area contributed by atoms with Crippen molar-refractivity contribution in [1.82, 2.24) is 9.78 Å². The Kier molecular flexibility index (Phi) is 4.33. The standard InChI is InChI=1S/C25H35ClN2O2/c1-24(30)7-5-16-14(10-24)3-4-18-17(16)6-8-25(2)22(18)19-9-20(19)23(25)21(29)13-28-12-15(26)11-27-28/h11-12,14,16-20,22-23,30H,3-10,13H2,1-2H3/t14-,16+,17-,18-,19-,20+,22-,23-,24-,25+/m1/s1. The summed E-state index contributed by atoms with van der Waals surface area (Å²) in [6.45, 7) is 4.87. The van der Waals surface area contributed by atoms with Crippen LogP contribution in [0.1, 0.15) is 65.2 Å². The molecule has 0 aromatic carbocycles. The molecule has 1 aromatic rings. The Hall–Kier alpha value is -0.870. The quantitative estimate of drug-likeness (QED) is 0.735. The molecule has 4 nitrogen and oxygen atoms in total. The largest absolute Gasteiger partial charge is 0.390 e. The average molecular weight is 431 g/mol. The third-order valence-corrected chi connectivity index (χ3v) is 10.5. The van der Waals surface area contributed by atoms with Crippen molar-refractivity contribution in [3.8, 4) is 0 Å². The molecule has 0 radical (unpaired) electrons. The van der Waals surface area contributed by atoms with Gasteiger partial charge >= 0.3 is 0 Å². The number of hydrogen-bond donors (Lipinski definition) is 1. The van der Waals surface area contributed by atoms with E-state index in [9.17, 15) is 9.90 Å². The van der Waals surface area contributed by atoms with E-state index in [1.54, 1.807) is 17.1 Å². The van der Waals surface area contributed by atoms with Gasteiger partial charge < -0.3 is 5.11 Å². The number of carbonyl (C=O) groups excluding carboxylic acids is 1. The molecule has 1 heterocycles. The normalized spacial score (nSPS) is 51.5. The van der Waals surface area contributed by atoms with Gasteiger partial charge in [0.05, 0.1) is 23.4 Å². The van der Waals surface area contributed by atoms with Crippen molar-refractivity contribution < 1.29 is 9.90 Å². The van der Waals surface area contributed by atoms with E-state index >= 15 is 0 Å². The number of Topliss-reactive ketones (excluding diaryl/α,β-unsaturated/α-hetero) is 1. The highest BCUT2D eigenvalue weighted by molar-refractivity contribution is 6.30. The summed E-state index contributed by atoms with van der Waals surface area (Å²) in [6, 6.07) is 0. The first-order valence-corrected chi connectivity index (χ1v) is 12.6. The molecule has 164 valence electrons. The highest BCUT2D eigenvalue weighted by Gasteiger charge is 2.70. The maximum Gasteiger partial charge on any atom is 0.158 e. The number of rotatable bonds is 3. The van der Waals surface area contributed by atoms with Gasteiger partial charge in [0.25, 0.3) is 0 Å². The minimum absolute atomic E-state index is 0.176. The van der Waals surface area contributed by atoms with Gasteiger partial charge in [0.15, 0.2) is 5.78 Å². The molecule has 0 amide bonds. The molecule has 10 atom stereocenters. The molecule has 5 aliphatic carbocycles. The molecule has 0 saturated heterocycles. The van der Waals surface area contributed by atoms with Gasteiger partial charge in [-0.25, -0.2) is 0 Å². The van der Waals surface area contributed by atoms with Gasteiger partial charge in [-0.3, -0.25) is 9.48 Å². The summed E-state index contributed by atoms with van der Waals surface area (Å²) in [5, 5.41) is 15.5. The lowest BCUT2D eigenvalue weighted by Gasteiger charge is -2.57. The van der Waals surface area contributed by atoms with E-state index in [0.29, 0.717) is 23.3 Å². The van der Waals surface area contributed by atoms with Crippen molar-refractivity contribution >= 4 is 17.4 Å². The van der Waals surface area contributed by atoms with E-state index < -0.39 is 5.60 Å². The van der Waals surface area contributed by atoms with E-state index in [2.05, 4.69) is 12.0 Å². The smallest absolute Gasteiger partial charge is 0.158 e. The van der Waals surface area contributed by atoms with E-state index in [4.69, 9.17) is 11.6 Å². The topological polar surface area (TPSA) is 55.1 Å². The molecule has 30 heavy (non-hydrogen) atoms. The SMILES string of the molecule is C[C@@]1(O)CC[C@H]2[C@H](CC[C@@H]3[C@@H]2CC[C@@]2(C)[C@H]3[C@@H]3C[C@@H]3[C@@H]2C(=O)Cn2cc(Cl)cn2)C1. The first kappa shape index (κ1) is 19.8. The van der Waals surface area contributed by atoms with Crippen LogP contribution in [0.2, 0.25) is 5.02 Å². The zero-order valence-corrected chi connectivity index (χ0v) is 19.0. The monoisotopic (exact) mass is 430 g/mol. The van der Waals surface area contributed by atoms with Crippen LogP contribution in [0, 0.1) is 52.8 Å². The lowest BCUT2D eigenvalue weighted by Crippen LogP contribution is -2.52. The summed E-state index contributed by atoms with van der Waals surface area (Å²) in [6.07, 6.45) is 13.0. The molecule has 0 aliphatic heterocycles. The Balaban J connectivity index is 1.23. The Morgan fingerprint density at radius 2 is 1.93 bits per heavy atom. The van der Waals surface area contributed by atoms with Gasteiger partial charge in [-0.15, -0.1) is 0 Å². The van der Waals surface area contributed by atoms with E-state index in [0.717, 1.165) is 48.3 Å². The number of carbonyl (C=O) groups is 1. The number of ketones is 1. The second-order valence-corrected chi connectivity index (χ2v) is 12.4. The van der Waals surface area contributed by atoms with E-state index in [1.165, 1.54) is 38.5 Å². The predicted octanol–water partition coefficient (Wildman–Crippen LogP) is 4.98. The van der Waals surface area contributed by atoms with Crippen LogP contribution in [-0.4, -0.2) is 26.3 Å². The molecule has 6 rings (SSSR count). The Morgan fingerprint density at radius 1 is 1.13 bits per heavy atom. The van der Waals surface area contributed by atoms with Crippen LogP contribution in [0.3, 0.4) is 0 Å². The fourth-order valence-corrected chi connectivity index (χ4v) is 9.49. The number of halogens is 1. The number of hydrogen-bond acceptors (Lipinski definition) is 3. The second-order valence-electron chi connectivity index (χ2n) is 12.0. The van der Waals surface area contributed by atoms with Crippen molar-refractivity contribution in [2.45, 2.75) is 77.4 Å². The van der Waals surface area contributed by atoms with Crippen LogP contribution in [0.5, 0.6) is 0 Å². The Bertz CT molecular complexity index is 865. The molecule has 5 saturated carbocycles. The van der Waals surface area contributed by atoms with E-state index in [-0.39, 0.29) is 11.3 Å². The minimum atomic E-state index is -0.445. The third kappa shape index (κ3) is 2.88. The molecule has 0 unspecified atom stereocenters. The molecule has 0 spiro atoms. The van der Waals surface area contributed by atoms with Crippen molar-refractivity contribution in [1.29, 1.82) is 0 Å². The molecule has 5 fully saturated rings. The van der Waals surface area contributed by atoms with Gasteiger partial charge in [0.2, 0.25) is 0 Å². The lowest BCUT2D eigenvalue weighted by atomic mass is 9.48. The Morgan fingerprint density at radius 3 is 2.70 bits per heavy atom. The molecule has 1 N–H and O–H groups in total. The van der Waals surface area contributed by atoms with E-state index in [1.807, 2.05) is 6.92 Å². The van der Waals surface area contributed by atoms with Crippen molar-refractivity contribution in [3.05, 3.63) is 17.4 Å². The summed E-state index contributed by atoms with van der Waals surface area (Å²) in [5.41, 5.74) is -0.269. The van der Waals surface area contributed by atoms with Gasteiger partial charge in [-0.2, -0.15) is 5.10 Å². The van der Waals surface area contributed by atoms with Crippen LogP contribution < -0.4 is 0 Å². The maximum atomic E-state index is 13.4. The second kappa shape index (κ2) is 6.57. The summed E-state index contributed by atoms with van der Waals surface area (Å²) in [7, 11) is 0. The highest BCUT2D eigenvalue weighted by atomic mass is 35.5. The molecular formula is C25H35ClN2O2. The van der Waals surface area contributed by atoms with Crippen molar-refractivity contribution in [2.24, 2.45) is 52.8 Å². The summed E-state index contributed by atoms with van der Waals surface area (Å²) >= 11 is 6.02. The van der Waals surface area contributed by atoms with Crippen LogP contribution >= 0.6 is 11.6 Å². The maximum absolute atomic E-state index is 13.4. The first-order valence-electron chi connectivity index (χ1n) is 12.2. The molecule has 5 heteroatoms. The zero-order valence-electron chi connectivity index (χ0n) is 18.3. The molecular weight excluding hydrogens is 396 g/mol. The number of nitrogens with zero attached hydrogens (tertiary/aromatic N) is 2. The van der Waals surface area contributed by atoms with Gasteiger partial charge in [-0.05, 0) is 105 Å². The van der Waals surface area contributed by atoms with Gasteiger partial charge in [0, 0.05) is 12.1 Å². The first-order chi connectivity index (χ1) is 14.3. The average Bonchev–Trinajstić information content (AvgIpc) is 3.23. The number of fused-ring (bicyclic) bond motifs is 7. The predicted molar refractivity (Wildman–Crippen MR) is 116 cm³/mol. The van der Waals surface area contributed by atoms with Crippen molar-refractivity contribution in [2.75, 3.05) is 0 Å². The van der Waals surface area contributed by atoms with Crippen LogP contribution in [-0.2, 0) is 11.3 Å². The highest BCUT2D eigenvalue weighted by Crippen LogP contribution is 2.74. The minimum Gasteiger partial charge on any atom is -0.390 e. The zero-order chi connectivity index (χ0) is 20.8. The number of aromatic nitrogens is 2. The lowest BCUT2D eigenvalue weighted by molar-refractivity contribution is -0.136. The number of aliphatic hydroxyl groups is 1. The van der Waals surface area contributed by atoms with Crippen LogP contribution in [0.25, 0.3) is 0 Å². The Labute approximate surface area is 184 Å².